The summed E-state index contributed by atoms with van der Waals surface area (Å²) in [4.78, 5) is 15.0. The molecule has 1 N–H and O–H groups in total. The number of amides is 1. The molecule has 1 aliphatic rings. The standard InChI is InChI=1S/C24H32N2O3/c1-17-6-5-15-26(16-17)21-9-7-20(8-10-21)18(2)25-24(27)19(3)29-23-13-11-22(28-4)12-14-23/h7-14,17-19H,5-6,15-16H2,1-4H3,(H,25,27)/t17-,18-,19+/m0/s1. The van der Waals surface area contributed by atoms with Gasteiger partial charge >= 0.3 is 0 Å². The van der Waals surface area contributed by atoms with Crippen LogP contribution in [-0.2, 0) is 4.79 Å². The number of ether oxygens (including phenoxy) is 2. The van der Waals surface area contributed by atoms with E-state index in [1.165, 1.54) is 18.5 Å². The van der Waals surface area contributed by atoms with Gasteiger partial charge in [0.2, 0.25) is 0 Å². The Morgan fingerprint density at radius 1 is 1.07 bits per heavy atom. The Kier molecular flexibility index (Phi) is 7.02. The third-order valence-electron chi connectivity index (χ3n) is 5.52. The van der Waals surface area contributed by atoms with E-state index in [2.05, 4.69) is 41.4 Å². The van der Waals surface area contributed by atoms with Crippen molar-refractivity contribution in [2.75, 3.05) is 25.1 Å². The van der Waals surface area contributed by atoms with Crippen LogP contribution >= 0.6 is 0 Å². The summed E-state index contributed by atoms with van der Waals surface area (Å²) in [6.07, 6.45) is 1.98. The van der Waals surface area contributed by atoms with Gasteiger partial charge in [-0.15, -0.1) is 0 Å². The summed E-state index contributed by atoms with van der Waals surface area (Å²) in [7, 11) is 1.62. The normalized spacial score (nSPS) is 18.6. The summed E-state index contributed by atoms with van der Waals surface area (Å²) in [5, 5.41) is 3.04. The molecule has 0 spiro atoms. The number of nitrogens with one attached hydrogen (secondary N) is 1. The lowest BCUT2D eigenvalue weighted by atomic mass is 9.99. The molecule has 1 aliphatic heterocycles. The first-order valence-electron chi connectivity index (χ1n) is 10.4. The van der Waals surface area contributed by atoms with Gasteiger partial charge in [0, 0.05) is 18.8 Å². The molecule has 3 rings (SSSR count). The van der Waals surface area contributed by atoms with Crippen molar-refractivity contribution in [3.05, 3.63) is 54.1 Å². The lowest BCUT2D eigenvalue weighted by Gasteiger charge is -2.33. The molecule has 1 amide bonds. The highest BCUT2D eigenvalue weighted by Gasteiger charge is 2.19. The fraction of sp³-hybridized carbons (Fsp3) is 0.458. The number of piperidine rings is 1. The Balaban J connectivity index is 1.54. The predicted molar refractivity (Wildman–Crippen MR) is 117 cm³/mol. The number of methoxy groups -OCH3 is 1. The van der Waals surface area contributed by atoms with Gasteiger partial charge in [0.05, 0.1) is 13.2 Å². The van der Waals surface area contributed by atoms with Gasteiger partial charge in [0.25, 0.3) is 5.91 Å². The molecule has 2 aromatic rings. The van der Waals surface area contributed by atoms with Gasteiger partial charge in [-0.1, -0.05) is 19.1 Å². The largest absolute Gasteiger partial charge is 0.497 e. The molecule has 1 fully saturated rings. The third-order valence-corrected chi connectivity index (χ3v) is 5.52. The van der Waals surface area contributed by atoms with E-state index in [9.17, 15) is 4.79 Å². The number of carbonyl (C=O) groups is 1. The van der Waals surface area contributed by atoms with Crippen LogP contribution in [0.1, 0.15) is 45.2 Å². The van der Waals surface area contributed by atoms with Crippen molar-refractivity contribution < 1.29 is 14.3 Å². The smallest absolute Gasteiger partial charge is 0.261 e. The van der Waals surface area contributed by atoms with Crippen LogP contribution in [0.2, 0.25) is 0 Å². The second-order valence-electron chi connectivity index (χ2n) is 7.95. The SMILES string of the molecule is COc1ccc(O[C@H](C)C(=O)N[C@@H](C)c2ccc(N3CCC[C@H](C)C3)cc2)cc1. The molecular formula is C24H32N2O3. The van der Waals surface area contributed by atoms with Gasteiger partial charge < -0.3 is 19.7 Å². The van der Waals surface area contributed by atoms with Crippen molar-refractivity contribution in [2.45, 2.75) is 45.8 Å². The van der Waals surface area contributed by atoms with E-state index in [0.29, 0.717) is 5.75 Å². The first-order valence-corrected chi connectivity index (χ1v) is 10.4. The van der Waals surface area contributed by atoms with Crippen LogP contribution in [0.4, 0.5) is 5.69 Å². The van der Waals surface area contributed by atoms with Crippen molar-refractivity contribution in [1.29, 1.82) is 0 Å². The van der Waals surface area contributed by atoms with E-state index in [4.69, 9.17) is 9.47 Å². The van der Waals surface area contributed by atoms with Crippen LogP contribution in [0.5, 0.6) is 11.5 Å². The summed E-state index contributed by atoms with van der Waals surface area (Å²) in [6.45, 7) is 8.30. The highest BCUT2D eigenvalue weighted by Crippen LogP contribution is 2.25. The Morgan fingerprint density at radius 3 is 2.34 bits per heavy atom. The first kappa shape index (κ1) is 21.0. The van der Waals surface area contributed by atoms with E-state index < -0.39 is 6.10 Å². The maximum absolute atomic E-state index is 12.5. The molecule has 156 valence electrons. The van der Waals surface area contributed by atoms with Crippen LogP contribution in [0.25, 0.3) is 0 Å². The maximum atomic E-state index is 12.5. The van der Waals surface area contributed by atoms with Crippen molar-refractivity contribution in [2.24, 2.45) is 5.92 Å². The van der Waals surface area contributed by atoms with E-state index in [0.717, 1.165) is 30.3 Å². The number of carbonyl (C=O) groups excluding carboxylic acids is 1. The summed E-state index contributed by atoms with van der Waals surface area (Å²) in [6, 6.07) is 15.7. The topological polar surface area (TPSA) is 50.8 Å². The van der Waals surface area contributed by atoms with E-state index >= 15 is 0 Å². The van der Waals surface area contributed by atoms with E-state index in [1.54, 1.807) is 26.2 Å². The molecule has 0 radical (unpaired) electrons. The number of rotatable bonds is 7. The Hall–Kier alpha value is -2.69. The molecule has 0 aromatic heterocycles. The van der Waals surface area contributed by atoms with Crippen LogP contribution in [0.15, 0.2) is 48.5 Å². The zero-order chi connectivity index (χ0) is 20.8. The Morgan fingerprint density at radius 2 is 1.72 bits per heavy atom. The summed E-state index contributed by atoms with van der Waals surface area (Å²) >= 11 is 0. The van der Waals surface area contributed by atoms with Gasteiger partial charge in [0.1, 0.15) is 11.5 Å². The quantitative estimate of drug-likeness (QED) is 0.744. The summed E-state index contributed by atoms with van der Waals surface area (Å²) < 4.78 is 10.9. The number of anilines is 1. The average Bonchev–Trinajstić information content (AvgIpc) is 2.74. The molecule has 0 bridgehead atoms. The van der Waals surface area contributed by atoms with E-state index in [-0.39, 0.29) is 11.9 Å². The molecule has 0 unspecified atom stereocenters. The second kappa shape index (κ2) is 9.68. The molecule has 29 heavy (non-hydrogen) atoms. The fourth-order valence-electron chi connectivity index (χ4n) is 3.72. The first-order chi connectivity index (χ1) is 14.0. The van der Waals surface area contributed by atoms with E-state index in [1.807, 2.05) is 19.1 Å². The number of hydrogen-bond acceptors (Lipinski definition) is 4. The minimum absolute atomic E-state index is 0.0845. The zero-order valence-corrected chi connectivity index (χ0v) is 17.9. The van der Waals surface area contributed by atoms with Crippen LogP contribution in [0.3, 0.4) is 0 Å². The molecule has 5 nitrogen and oxygen atoms in total. The third kappa shape index (κ3) is 5.66. The van der Waals surface area contributed by atoms with Crippen LogP contribution in [-0.4, -0.2) is 32.2 Å². The number of nitrogens with zero attached hydrogens (tertiary/aromatic N) is 1. The van der Waals surface area contributed by atoms with Gasteiger partial charge in [0.15, 0.2) is 6.10 Å². The average molecular weight is 397 g/mol. The highest BCUT2D eigenvalue weighted by atomic mass is 16.5. The highest BCUT2D eigenvalue weighted by molar-refractivity contribution is 5.81. The molecule has 2 aromatic carbocycles. The van der Waals surface area contributed by atoms with Crippen LogP contribution < -0.4 is 19.7 Å². The van der Waals surface area contributed by atoms with Crippen molar-refractivity contribution >= 4 is 11.6 Å². The molecule has 0 aliphatic carbocycles. The zero-order valence-electron chi connectivity index (χ0n) is 17.9. The molecule has 5 heteroatoms. The van der Waals surface area contributed by atoms with Gasteiger partial charge in [-0.3, -0.25) is 4.79 Å². The molecule has 1 heterocycles. The monoisotopic (exact) mass is 396 g/mol. The lowest BCUT2D eigenvalue weighted by molar-refractivity contribution is -0.127. The molecule has 0 saturated carbocycles. The molecular weight excluding hydrogens is 364 g/mol. The van der Waals surface area contributed by atoms with Crippen molar-refractivity contribution in [3.63, 3.8) is 0 Å². The second-order valence-corrected chi connectivity index (χ2v) is 7.95. The number of benzene rings is 2. The minimum atomic E-state index is -0.583. The molecule has 1 saturated heterocycles. The van der Waals surface area contributed by atoms with Crippen molar-refractivity contribution in [1.82, 2.24) is 5.32 Å². The Labute approximate surface area is 174 Å². The van der Waals surface area contributed by atoms with Gasteiger partial charge in [-0.25, -0.2) is 0 Å². The summed E-state index contributed by atoms with van der Waals surface area (Å²) in [5.41, 5.74) is 2.35. The predicted octanol–water partition coefficient (Wildman–Crippen LogP) is 4.58. The van der Waals surface area contributed by atoms with Gasteiger partial charge in [-0.2, -0.15) is 0 Å². The Bertz CT molecular complexity index is 789. The van der Waals surface area contributed by atoms with Crippen molar-refractivity contribution in [3.8, 4) is 11.5 Å². The lowest BCUT2D eigenvalue weighted by Crippen LogP contribution is -2.37. The molecule has 3 atom stereocenters. The maximum Gasteiger partial charge on any atom is 0.261 e. The minimum Gasteiger partial charge on any atom is -0.497 e. The van der Waals surface area contributed by atoms with Crippen LogP contribution in [0, 0.1) is 5.92 Å². The fourth-order valence-corrected chi connectivity index (χ4v) is 3.72. The van der Waals surface area contributed by atoms with Gasteiger partial charge in [-0.05, 0) is 74.6 Å². The number of hydrogen-bond donors (Lipinski definition) is 1. The summed E-state index contributed by atoms with van der Waals surface area (Å²) in [5.74, 6) is 2.00.